The van der Waals surface area contributed by atoms with Gasteiger partial charge in [-0.05, 0) is 64.5 Å². The van der Waals surface area contributed by atoms with Crippen molar-refractivity contribution in [1.82, 2.24) is 9.97 Å². The number of hydrogen-bond donors (Lipinski definition) is 1. The molecule has 1 N–H and O–H groups in total. The molecule has 2 aromatic carbocycles. The first kappa shape index (κ1) is 18.5. The molecule has 6 nitrogen and oxygen atoms in total. The summed E-state index contributed by atoms with van der Waals surface area (Å²) in [7, 11) is 0. The van der Waals surface area contributed by atoms with Crippen LogP contribution in [0.5, 0.6) is 5.75 Å². The first-order chi connectivity index (χ1) is 13.6. The van der Waals surface area contributed by atoms with Crippen molar-refractivity contribution in [2.75, 3.05) is 11.9 Å². The number of hydrogen-bond acceptors (Lipinski definition) is 5. The largest absolute Gasteiger partial charge is 0.484 e. The molecule has 1 amide bonds. The smallest absolute Gasteiger partial charge is 0.262 e. The Morgan fingerprint density at radius 3 is 2.75 bits per heavy atom. The topological polar surface area (TPSA) is 77.2 Å². The molecule has 4 rings (SSSR count). The maximum atomic E-state index is 12.1. The predicted octanol–water partition coefficient (Wildman–Crippen LogP) is 5.32. The number of fused-ring (bicyclic) bond motifs is 1. The van der Waals surface area contributed by atoms with E-state index < -0.39 is 0 Å². The molecule has 0 aliphatic heterocycles. The van der Waals surface area contributed by atoms with Crippen LogP contribution in [-0.4, -0.2) is 22.5 Å². The van der Waals surface area contributed by atoms with Gasteiger partial charge in [-0.25, -0.2) is 4.98 Å². The minimum atomic E-state index is -0.283. The zero-order valence-corrected chi connectivity index (χ0v) is 16.7. The Labute approximate surface area is 173 Å². The number of pyridine rings is 1. The first-order valence-corrected chi connectivity index (χ1v) is 9.44. The van der Waals surface area contributed by atoms with Gasteiger partial charge in [0, 0.05) is 27.6 Å². The number of aromatic nitrogens is 2. The molecule has 28 heavy (non-hydrogen) atoms. The standard InChI is InChI=1S/C20H13BrClN3O3/c21-13-7-12(9-23-10-13)20-25-17-8-15(3-6-18(17)28-20)24-19(26)11-27-16-4-1-14(22)2-5-16/h1-10H,11H2,(H,24,26). The van der Waals surface area contributed by atoms with Crippen LogP contribution in [0, 0.1) is 0 Å². The quantitative estimate of drug-likeness (QED) is 0.438. The van der Waals surface area contributed by atoms with Crippen LogP contribution in [0.4, 0.5) is 5.69 Å². The fourth-order valence-electron chi connectivity index (χ4n) is 2.53. The number of carbonyl (C=O) groups is 1. The van der Waals surface area contributed by atoms with Crippen molar-refractivity contribution in [3.05, 3.63) is 70.4 Å². The van der Waals surface area contributed by atoms with Gasteiger partial charge in [0.25, 0.3) is 5.91 Å². The summed E-state index contributed by atoms with van der Waals surface area (Å²) in [5, 5.41) is 3.39. The predicted molar refractivity (Wildman–Crippen MR) is 111 cm³/mol. The van der Waals surface area contributed by atoms with Gasteiger partial charge in [0.15, 0.2) is 12.2 Å². The zero-order valence-electron chi connectivity index (χ0n) is 14.4. The van der Waals surface area contributed by atoms with E-state index >= 15 is 0 Å². The molecule has 0 spiro atoms. The Bertz CT molecular complexity index is 1150. The fraction of sp³-hybridized carbons (Fsp3) is 0.0500. The van der Waals surface area contributed by atoms with Crippen LogP contribution in [-0.2, 0) is 4.79 Å². The van der Waals surface area contributed by atoms with Crippen LogP contribution in [0.2, 0.25) is 5.02 Å². The van der Waals surface area contributed by atoms with Gasteiger partial charge in [-0.3, -0.25) is 9.78 Å². The number of oxazole rings is 1. The Hall–Kier alpha value is -2.90. The molecule has 0 unspecified atom stereocenters. The van der Waals surface area contributed by atoms with Crippen molar-refractivity contribution in [3.63, 3.8) is 0 Å². The summed E-state index contributed by atoms with van der Waals surface area (Å²) in [6, 6.07) is 13.9. The van der Waals surface area contributed by atoms with Crippen molar-refractivity contribution in [2.24, 2.45) is 0 Å². The summed E-state index contributed by atoms with van der Waals surface area (Å²) in [6.45, 7) is -0.118. The van der Waals surface area contributed by atoms with Crippen molar-refractivity contribution in [2.45, 2.75) is 0 Å². The monoisotopic (exact) mass is 457 g/mol. The molecule has 140 valence electrons. The molecule has 2 heterocycles. The summed E-state index contributed by atoms with van der Waals surface area (Å²) in [5.74, 6) is 0.742. The average molecular weight is 459 g/mol. The first-order valence-electron chi connectivity index (χ1n) is 8.26. The van der Waals surface area contributed by atoms with Gasteiger partial charge in [0.05, 0.1) is 5.56 Å². The molecule has 0 saturated heterocycles. The number of benzene rings is 2. The van der Waals surface area contributed by atoms with Gasteiger partial charge in [-0.2, -0.15) is 0 Å². The van der Waals surface area contributed by atoms with E-state index in [1.54, 1.807) is 54.9 Å². The highest BCUT2D eigenvalue weighted by Crippen LogP contribution is 2.27. The summed E-state index contributed by atoms with van der Waals surface area (Å²) in [4.78, 5) is 20.7. The SMILES string of the molecule is O=C(COc1ccc(Cl)cc1)Nc1ccc2oc(-c3cncc(Br)c3)nc2c1. The van der Waals surface area contributed by atoms with Crippen LogP contribution in [0.15, 0.2) is 69.8 Å². The molecule has 2 aromatic heterocycles. The lowest BCUT2D eigenvalue weighted by Crippen LogP contribution is -2.20. The normalized spacial score (nSPS) is 10.8. The van der Waals surface area contributed by atoms with Crippen LogP contribution in [0.25, 0.3) is 22.6 Å². The van der Waals surface area contributed by atoms with E-state index in [1.165, 1.54) is 0 Å². The van der Waals surface area contributed by atoms with E-state index in [-0.39, 0.29) is 12.5 Å². The van der Waals surface area contributed by atoms with Gasteiger partial charge in [0.1, 0.15) is 11.3 Å². The average Bonchev–Trinajstić information content (AvgIpc) is 3.11. The van der Waals surface area contributed by atoms with Crippen molar-refractivity contribution in [3.8, 4) is 17.2 Å². The molecule has 0 bridgehead atoms. The molecule has 0 aliphatic carbocycles. The van der Waals surface area contributed by atoms with Crippen LogP contribution in [0.3, 0.4) is 0 Å². The molecule has 0 fully saturated rings. The highest BCUT2D eigenvalue weighted by atomic mass is 79.9. The lowest BCUT2D eigenvalue weighted by Gasteiger charge is -2.07. The van der Waals surface area contributed by atoms with Gasteiger partial charge in [-0.1, -0.05) is 11.6 Å². The van der Waals surface area contributed by atoms with Crippen LogP contribution < -0.4 is 10.1 Å². The van der Waals surface area contributed by atoms with Crippen molar-refractivity contribution < 1.29 is 13.9 Å². The van der Waals surface area contributed by atoms with E-state index in [1.807, 2.05) is 6.07 Å². The summed E-state index contributed by atoms with van der Waals surface area (Å²) >= 11 is 9.20. The third-order valence-corrected chi connectivity index (χ3v) is 4.49. The second kappa shape index (κ2) is 8.00. The van der Waals surface area contributed by atoms with Crippen molar-refractivity contribution >= 4 is 50.2 Å². The fourth-order valence-corrected chi connectivity index (χ4v) is 3.03. The molecule has 0 radical (unpaired) electrons. The summed E-state index contributed by atoms with van der Waals surface area (Å²) < 4.78 is 12.0. The van der Waals surface area contributed by atoms with Gasteiger partial charge in [0.2, 0.25) is 5.89 Å². The van der Waals surface area contributed by atoms with Gasteiger partial charge >= 0.3 is 0 Å². The Kier molecular flexibility index (Phi) is 5.27. The Balaban J connectivity index is 1.45. The lowest BCUT2D eigenvalue weighted by atomic mass is 10.3. The highest BCUT2D eigenvalue weighted by Gasteiger charge is 2.11. The number of halogens is 2. The third-order valence-electron chi connectivity index (χ3n) is 3.81. The molecule has 8 heteroatoms. The maximum absolute atomic E-state index is 12.1. The minimum absolute atomic E-state index is 0.118. The number of nitrogens with zero attached hydrogens (tertiary/aromatic N) is 2. The maximum Gasteiger partial charge on any atom is 0.262 e. The molecule has 0 saturated carbocycles. The number of nitrogens with one attached hydrogen (secondary N) is 1. The lowest BCUT2D eigenvalue weighted by molar-refractivity contribution is -0.118. The molecule has 0 aliphatic rings. The Morgan fingerprint density at radius 1 is 1.14 bits per heavy atom. The Morgan fingerprint density at radius 2 is 1.96 bits per heavy atom. The summed E-state index contributed by atoms with van der Waals surface area (Å²) in [5.41, 5.74) is 2.61. The van der Waals surface area contributed by atoms with E-state index in [4.69, 9.17) is 20.8 Å². The molecular formula is C20H13BrClN3O3. The van der Waals surface area contributed by atoms with E-state index in [9.17, 15) is 4.79 Å². The second-order valence-electron chi connectivity index (χ2n) is 5.88. The van der Waals surface area contributed by atoms with E-state index in [2.05, 4.69) is 31.2 Å². The van der Waals surface area contributed by atoms with Crippen LogP contribution >= 0.6 is 27.5 Å². The van der Waals surface area contributed by atoms with Crippen LogP contribution in [0.1, 0.15) is 0 Å². The molecule has 4 aromatic rings. The van der Waals surface area contributed by atoms with Gasteiger partial charge < -0.3 is 14.5 Å². The van der Waals surface area contributed by atoms with E-state index in [0.29, 0.717) is 33.4 Å². The number of rotatable bonds is 5. The number of amides is 1. The third kappa shape index (κ3) is 4.32. The summed E-state index contributed by atoms with van der Waals surface area (Å²) in [6.07, 6.45) is 3.36. The van der Waals surface area contributed by atoms with Gasteiger partial charge in [-0.15, -0.1) is 0 Å². The number of carbonyl (C=O) groups excluding carboxylic acids is 1. The molecule has 0 atom stereocenters. The van der Waals surface area contributed by atoms with Crippen molar-refractivity contribution in [1.29, 1.82) is 0 Å². The van der Waals surface area contributed by atoms with E-state index in [0.717, 1.165) is 10.0 Å². The number of anilines is 1. The number of ether oxygens (including phenoxy) is 1. The highest BCUT2D eigenvalue weighted by molar-refractivity contribution is 9.10. The molecular weight excluding hydrogens is 446 g/mol. The minimum Gasteiger partial charge on any atom is -0.484 e. The second-order valence-corrected chi connectivity index (χ2v) is 7.24. The zero-order chi connectivity index (χ0) is 19.5.